The Morgan fingerprint density at radius 1 is 1.30 bits per heavy atom. The van der Waals surface area contributed by atoms with Gasteiger partial charge in [-0.25, -0.2) is 0 Å². The van der Waals surface area contributed by atoms with Gasteiger partial charge in [0.2, 0.25) is 0 Å². The average Bonchev–Trinajstić information content (AvgIpc) is 2.68. The Balaban J connectivity index is 2.20. The Labute approximate surface area is 118 Å². The SMILES string of the molecule is Cc1cc(N)cc(C(=O)N(C)Cc2c(C)noc2C)c1. The van der Waals surface area contributed by atoms with Crippen LogP contribution in [0.2, 0.25) is 0 Å². The molecule has 20 heavy (non-hydrogen) atoms. The van der Waals surface area contributed by atoms with Gasteiger partial charge in [0.1, 0.15) is 5.76 Å². The molecule has 0 saturated carbocycles. The van der Waals surface area contributed by atoms with Gasteiger partial charge in [0.15, 0.2) is 0 Å². The molecule has 0 aliphatic rings. The number of carbonyl (C=O) groups excluding carboxylic acids is 1. The first kappa shape index (κ1) is 14.1. The van der Waals surface area contributed by atoms with Gasteiger partial charge in [-0.2, -0.15) is 0 Å². The summed E-state index contributed by atoms with van der Waals surface area (Å²) in [5, 5.41) is 3.90. The molecule has 5 nitrogen and oxygen atoms in total. The third-order valence-corrected chi connectivity index (χ3v) is 3.27. The van der Waals surface area contributed by atoms with Crippen molar-refractivity contribution in [3.05, 3.63) is 46.3 Å². The van der Waals surface area contributed by atoms with Crippen LogP contribution in [-0.4, -0.2) is 23.0 Å². The van der Waals surface area contributed by atoms with E-state index in [4.69, 9.17) is 10.3 Å². The molecule has 1 amide bonds. The smallest absolute Gasteiger partial charge is 0.253 e. The van der Waals surface area contributed by atoms with Gasteiger partial charge in [-0.3, -0.25) is 4.79 Å². The number of rotatable bonds is 3. The van der Waals surface area contributed by atoms with Crippen LogP contribution < -0.4 is 5.73 Å². The van der Waals surface area contributed by atoms with Crippen LogP contribution in [0.5, 0.6) is 0 Å². The predicted octanol–water partition coefficient (Wildman–Crippen LogP) is 2.45. The molecule has 0 aliphatic heterocycles. The highest BCUT2D eigenvalue weighted by Crippen LogP contribution is 2.17. The highest BCUT2D eigenvalue weighted by atomic mass is 16.5. The summed E-state index contributed by atoms with van der Waals surface area (Å²) in [5.41, 5.74) is 9.70. The van der Waals surface area contributed by atoms with Gasteiger partial charge < -0.3 is 15.2 Å². The average molecular weight is 273 g/mol. The lowest BCUT2D eigenvalue weighted by Crippen LogP contribution is -2.26. The van der Waals surface area contributed by atoms with Gasteiger partial charge >= 0.3 is 0 Å². The standard InChI is InChI=1S/C15H19N3O2/c1-9-5-12(7-13(16)6-9)15(19)18(4)8-14-10(2)17-20-11(14)3/h5-7H,8,16H2,1-4H3. The fraction of sp³-hybridized carbons (Fsp3) is 0.333. The van der Waals surface area contributed by atoms with Gasteiger partial charge in [-0.05, 0) is 44.5 Å². The van der Waals surface area contributed by atoms with Crippen molar-refractivity contribution in [3.8, 4) is 0 Å². The van der Waals surface area contributed by atoms with Crippen LogP contribution in [0.3, 0.4) is 0 Å². The third kappa shape index (κ3) is 2.82. The van der Waals surface area contributed by atoms with E-state index in [1.165, 1.54) is 0 Å². The van der Waals surface area contributed by atoms with Crippen molar-refractivity contribution in [2.75, 3.05) is 12.8 Å². The molecular formula is C15H19N3O2. The second-order valence-corrected chi connectivity index (χ2v) is 5.10. The van der Waals surface area contributed by atoms with E-state index in [0.717, 1.165) is 22.6 Å². The molecular weight excluding hydrogens is 254 g/mol. The lowest BCUT2D eigenvalue weighted by Gasteiger charge is -2.17. The highest BCUT2D eigenvalue weighted by molar-refractivity contribution is 5.95. The number of benzene rings is 1. The molecule has 106 valence electrons. The minimum atomic E-state index is -0.0691. The molecule has 1 heterocycles. The molecule has 2 N–H and O–H groups in total. The third-order valence-electron chi connectivity index (χ3n) is 3.27. The first-order chi connectivity index (χ1) is 9.38. The topological polar surface area (TPSA) is 72.4 Å². The Hall–Kier alpha value is -2.30. The number of aromatic nitrogens is 1. The number of anilines is 1. The molecule has 1 aromatic heterocycles. The van der Waals surface area contributed by atoms with Crippen molar-refractivity contribution in [3.63, 3.8) is 0 Å². The van der Waals surface area contributed by atoms with Crippen LogP contribution in [0.25, 0.3) is 0 Å². The maximum Gasteiger partial charge on any atom is 0.253 e. The van der Waals surface area contributed by atoms with E-state index in [2.05, 4.69) is 5.16 Å². The number of carbonyl (C=O) groups is 1. The second kappa shape index (κ2) is 5.36. The summed E-state index contributed by atoms with van der Waals surface area (Å²) in [7, 11) is 1.76. The summed E-state index contributed by atoms with van der Waals surface area (Å²) in [5.74, 6) is 0.673. The van der Waals surface area contributed by atoms with E-state index >= 15 is 0 Å². The van der Waals surface area contributed by atoms with Gasteiger partial charge in [-0.1, -0.05) is 5.16 Å². The van der Waals surface area contributed by atoms with Gasteiger partial charge in [0.25, 0.3) is 5.91 Å². The molecule has 2 rings (SSSR count). The minimum Gasteiger partial charge on any atom is -0.399 e. The number of amides is 1. The highest BCUT2D eigenvalue weighted by Gasteiger charge is 2.17. The van der Waals surface area contributed by atoms with E-state index < -0.39 is 0 Å². The maximum atomic E-state index is 12.4. The minimum absolute atomic E-state index is 0.0691. The summed E-state index contributed by atoms with van der Waals surface area (Å²) >= 11 is 0. The maximum absolute atomic E-state index is 12.4. The molecule has 0 bridgehead atoms. The molecule has 5 heteroatoms. The van der Waals surface area contributed by atoms with E-state index in [1.54, 1.807) is 18.0 Å². The predicted molar refractivity (Wildman–Crippen MR) is 77.4 cm³/mol. The van der Waals surface area contributed by atoms with E-state index in [0.29, 0.717) is 17.8 Å². The van der Waals surface area contributed by atoms with Crippen LogP contribution in [-0.2, 0) is 6.54 Å². The second-order valence-electron chi connectivity index (χ2n) is 5.10. The molecule has 0 unspecified atom stereocenters. The molecule has 0 spiro atoms. The number of aryl methyl sites for hydroxylation is 3. The summed E-state index contributed by atoms with van der Waals surface area (Å²) < 4.78 is 5.11. The Morgan fingerprint density at radius 2 is 2.00 bits per heavy atom. The van der Waals surface area contributed by atoms with E-state index in [9.17, 15) is 4.79 Å². The Kier molecular flexibility index (Phi) is 3.79. The van der Waals surface area contributed by atoms with Gasteiger partial charge in [-0.15, -0.1) is 0 Å². The van der Waals surface area contributed by atoms with Crippen molar-refractivity contribution in [2.24, 2.45) is 0 Å². The summed E-state index contributed by atoms with van der Waals surface area (Å²) in [4.78, 5) is 14.1. The van der Waals surface area contributed by atoms with Crippen molar-refractivity contribution >= 4 is 11.6 Å². The largest absolute Gasteiger partial charge is 0.399 e. The molecule has 2 aromatic rings. The zero-order valence-electron chi connectivity index (χ0n) is 12.2. The van der Waals surface area contributed by atoms with E-state index in [-0.39, 0.29) is 5.91 Å². The first-order valence-corrected chi connectivity index (χ1v) is 6.43. The van der Waals surface area contributed by atoms with Crippen LogP contribution >= 0.6 is 0 Å². The molecule has 0 fully saturated rings. The summed E-state index contributed by atoms with van der Waals surface area (Å²) in [6.07, 6.45) is 0. The quantitative estimate of drug-likeness (QED) is 0.872. The Bertz CT molecular complexity index is 607. The fourth-order valence-corrected chi connectivity index (χ4v) is 2.19. The van der Waals surface area contributed by atoms with E-state index in [1.807, 2.05) is 32.9 Å². The first-order valence-electron chi connectivity index (χ1n) is 6.43. The van der Waals surface area contributed by atoms with Crippen molar-refractivity contribution < 1.29 is 9.32 Å². The molecule has 0 saturated heterocycles. The number of hydrogen-bond donors (Lipinski definition) is 1. The molecule has 0 aliphatic carbocycles. The number of nitrogens with zero attached hydrogens (tertiary/aromatic N) is 2. The zero-order chi connectivity index (χ0) is 14.9. The number of hydrogen-bond acceptors (Lipinski definition) is 4. The lowest BCUT2D eigenvalue weighted by atomic mass is 10.1. The van der Waals surface area contributed by atoms with Crippen LogP contribution in [0, 0.1) is 20.8 Å². The van der Waals surface area contributed by atoms with Crippen molar-refractivity contribution in [1.29, 1.82) is 0 Å². The number of nitrogen functional groups attached to an aromatic ring is 1. The molecule has 0 radical (unpaired) electrons. The normalized spacial score (nSPS) is 10.6. The monoisotopic (exact) mass is 273 g/mol. The van der Waals surface area contributed by atoms with Gasteiger partial charge in [0, 0.05) is 23.9 Å². The molecule has 1 aromatic carbocycles. The zero-order valence-corrected chi connectivity index (χ0v) is 12.2. The summed E-state index contributed by atoms with van der Waals surface area (Å²) in [6.45, 7) is 6.10. The number of nitrogens with two attached hydrogens (primary N) is 1. The Morgan fingerprint density at radius 3 is 2.55 bits per heavy atom. The fourth-order valence-electron chi connectivity index (χ4n) is 2.19. The van der Waals surface area contributed by atoms with Crippen LogP contribution in [0.4, 0.5) is 5.69 Å². The van der Waals surface area contributed by atoms with Crippen molar-refractivity contribution in [1.82, 2.24) is 10.1 Å². The van der Waals surface area contributed by atoms with Gasteiger partial charge in [0.05, 0.1) is 12.2 Å². The molecule has 0 atom stereocenters. The van der Waals surface area contributed by atoms with Crippen LogP contribution in [0.1, 0.15) is 32.9 Å². The summed E-state index contributed by atoms with van der Waals surface area (Å²) in [6, 6.07) is 5.37. The van der Waals surface area contributed by atoms with Crippen LogP contribution in [0.15, 0.2) is 22.7 Å². The van der Waals surface area contributed by atoms with Crippen molar-refractivity contribution in [2.45, 2.75) is 27.3 Å². The lowest BCUT2D eigenvalue weighted by molar-refractivity contribution is 0.0784.